The number of guanidine groups is 2. The zero-order valence-electron chi connectivity index (χ0n) is 11.1. The summed E-state index contributed by atoms with van der Waals surface area (Å²) < 4.78 is 0. The fourth-order valence-corrected chi connectivity index (χ4v) is 1.57. The zero-order chi connectivity index (χ0) is 13.3. The number of aliphatic imine (C=N–C) groups is 2. The summed E-state index contributed by atoms with van der Waals surface area (Å²) in [6, 6.07) is 0. The van der Waals surface area contributed by atoms with Gasteiger partial charge in [0, 0.05) is 26.2 Å². The average molecular weight is 264 g/mol. The van der Waals surface area contributed by atoms with E-state index in [0.29, 0.717) is 11.9 Å². The van der Waals surface area contributed by atoms with E-state index in [2.05, 4.69) is 41.7 Å². The third-order valence-electron chi connectivity index (χ3n) is 2.55. The Balaban J connectivity index is 1.74. The monoisotopic (exact) mass is 264 g/mol. The van der Waals surface area contributed by atoms with Crippen LogP contribution >= 0.6 is 0 Å². The molecular formula is C11H20N8. The van der Waals surface area contributed by atoms with Crippen LogP contribution in [0, 0.1) is 0 Å². The Morgan fingerprint density at radius 1 is 1.11 bits per heavy atom. The van der Waals surface area contributed by atoms with Crippen LogP contribution in [0.25, 0.3) is 0 Å². The normalized spacial score (nSPS) is 20.2. The minimum Gasteiger partial charge on any atom is -0.355 e. The molecule has 0 saturated heterocycles. The minimum atomic E-state index is 0.710. The van der Waals surface area contributed by atoms with Crippen LogP contribution in [0.3, 0.4) is 0 Å². The molecule has 0 atom stereocenters. The third kappa shape index (κ3) is 4.94. The summed E-state index contributed by atoms with van der Waals surface area (Å²) in [5.74, 6) is 1.42. The maximum absolute atomic E-state index is 4.25. The maximum atomic E-state index is 4.25. The van der Waals surface area contributed by atoms with E-state index in [1.165, 1.54) is 0 Å². The predicted molar refractivity (Wildman–Crippen MR) is 77.7 cm³/mol. The number of nitrogens with zero attached hydrogens (tertiary/aromatic N) is 4. The van der Waals surface area contributed by atoms with Crippen molar-refractivity contribution in [2.75, 3.05) is 26.2 Å². The Morgan fingerprint density at radius 2 is 1.74 bits per heavy atom. The molecule has 0 unspecified atom stereocenters. The molecule has 0 spiro atoms. The molecule has 8 nitrogen and oxygen atoms in total. The molecular weight excluding hydrogens is 244 g/mol. The van der Waals surface area contributed by atoms with Crippen LogP contribution < -0.4 is 21.5 Å². The standard InChI is InChI=1S/C11H20N8/c1-9(17-19-11-14-6-3-7-15-11)8-16-18-10-12-4-2-5-13-10/h8H,2-7H2,1H3,(H2,12,13,18)(H2,14,15,19)/b16-8-,17-9-. The molecule has 2 aliphatic rings. The Kier molecular flexibility index (Phi) is 5.15. The first-order valence-corrected chi connectivity index (χ1v) is 6.50. The molecule has 0 bridgehead atoms. The average Bonchev–Trinajstić information content (AvgIpc) is 2.47. The zero-order valence-corrected chi connectivity index (χ0v) is 11.1. The van der Waals surface area contributed by atoms with Crippen LogP contribution in [0.1, 0.15) is 19.8 Å². The summed E-state index contributed by atoms with van der Waals surface area (Å²) in [6.45, 7) is 5.40. The van der Waals surface area contributed by atoms with E-state index in [0.717, 1.165) is 44.7 Å². The number of rotatable bonds is 3. The summed E-state index contributed by atoms with van der Waals surface area (Å²) in [5.41, 5.74) is 6.47. The maximum Gasteiger partial charge on any atom is 0.212 e. The van der Waals surface area contributed by atoms with E-state index >= 15 is 0 Å². The van der Waals surface area contributed by atoms with Crippen molar-refractivity contribution in [3.63, 3.8) is 0 Å². The Hall–Kier alpha value is -2.12. The molecule has 2 rings (SSSR count). The highest BCUT2D eigenvalue weighted by molar-refractivity contribution is 6.29. The van der Waals surface area contributed by atoms with Crippen molar-refractivity contribution in [1.29, 1.82) is 0 Å². The number of hydrazone groups is 2. The largest absolute Gasteiger partial charge is 0.355 e. The van der Waals surface area contributed by atoms with Gasteiger partial charge in [-0.3, -0.25) is 9.98 Å². The van der Waals surface area contributed by atoms with Crippen LogP contribution in [0.4, 0.5) is 0 Å². The van der Waals surface area contributed by atoms with Crippen LogP contribution in [0.2, 0.25) is 0 Å². The van der Waals surface area contributed by atoms with Crippen molar-refractivity contribution in [2.24, 2.45) is 20.2 Å². The summed E-state index contributed by atoms with van der Waals surface area (Å²) in [7, 11) is 0. The number of hydrogen-bond acceptors (Lipinski definition) is 8. The molecule has 2 aliphatic heterocycles. The Labute approximate surface area is 112 Å². The second kappa shape index (κ2) is 7.34. The van der Waals surface area contributed by atoms with Gasteiger partial charge in [0.1, 0.15) is 0 Å². The highest BCUT2D eigenvalue weighted by Crippen LogP contribution is 1.87. The van der Waals surface area contributed by atoms with Gasteiger partial charge in [-0.2, -0.15) is 10.2 Å². The molecule has 0 aliphatic carbocycles. The molecule has 4 N–H and O–H groups in total. The highest BCUT2D eigenvalue weighted by atomic mass is 15.4. The van der Waals surface area contributed by atoms with Crippen LogP contribution in [-0.2, 0) is 0 Å². The summed E-state index contributed by atoms with van der Waals surface area (Å²) >= 11 is 0. The van der Waals surface area contributed by atoms with Gasteiger partial charge in [-0.05, 0) is 19.8 Å². The molecule has 0 saturated carbocycles. The van der Waals surface area contributed by atoms with Crippen LogP contribution in [-0.4, -0.2) is 50.0 Å². The van der Waals surface area contributed by atoms with Crippen molar-refractivity contribution in [3.8, 4) is 0 Å². The SMILES string of the molecule is CC(/C=N\NC1=NCCCN1)=N/NC1=NCCCN1. The molecule has 0 aromatic rings. The van der Waals surface area contributed by atoms with E-state index in [1.54, 1.807) is 6.21 Å². The molecule has 0 amide bonds. The minimum absolute atomic E-state index is 0.710. The van der Waals surface area contributed by atoms with Crippen molar-refractivity contribution in [2.45, 2.75) is 19.8 Å². The lowest BCUT2D eigenvalue weighted by Gasteiger charge is -2.13. The molecule has 104 valence electrons. The molecule has 0 radical (unpaired) electrons. The Morgan fingerprint density at radius 3 is 2.32 bits per heavy atom. The van der Waals surface area contributed by atoms with Crippen LogP contribution in [0.5, 0.6) is 0 Å². The quantitative estimate of drug-likeness (QED) is 0.397. The van der Waals surface area contributed by atoms with Crippen molar-refractivity contribution >= 4 is 23.8 Å². The summed E-state index contributed by atoms with van der Waals surface area (Å²) in [6.07, 6.45) is 3.76. The second-order valence-corrected chi connectivity index (χ2v) is 4.26. The van der Waals surface area contributed by atoms with Crippen molar-refractivity contribution < 1.29 is 0 Å². The molecule has 19 heavy (non-hydrogen) atoms. The van der Waals surface area contributed by atoms with Gasteiger partial charge in [-0.1, -0.05) is 0 Å². The van der Waals surface area contributed by atoms with Gasteiger partial charge in [0.05, 0.1) is 11.9 Å². The van der Waals surface area contributed by atoms with Gasteiger partial charge >= 0.3 is 0 Å². The lowest BCUT2D eigenvalue weighted by atomic mass is 10.4. The Bertz CT molecular complexity index is 409. The summed E-state index contributed by atoms with van der Waals surface area (Å²) in [5, 5.41) is 14.5. The van der Waals surface area contributed by atoms with Crippen molar-refractivity contribution in [1.82, 2.24) is 21.5 Å². The first kappa shape index (κ1) is 13.3. The van der Waals surface area contributed by atoms with Gasteiger partial charge in [0.2, 0.25) is 11.9 Å². The lowest BCUT2D eigenvalue weighted by molar-refractivity contribution is 0.710. The molecule has 0 aromatic heterocycles. The van der Waals surface area contributed by atoms with Gasteiger partial charge in [0.15, 0.2) is 0 Å². The van der Waals surface area contributed by atoms with E-state index in [9.17, 15) is 0 Å². The summed E-state index contributed by atoms with van der Waals surface area (Å²) in [4.78, 5) is 8.50. The lowest BCUT2D eigenvalue weighted by Crippen LogP contribution is -2.39. The van der Waals surface area contributed by atoms with Gasteiger partial charge in [0.25, 0.3) is 0 Å². The predicted octanol–water partition coefficient (Wildman–Crippen LogP) is -0.774. The first-order chi connectivity index (χ1) is 9.34. The van der Waals surface area contributed by atoms with E-state index < -0.39 is 0 Å². The van der Waals surface area contributed by atoms with E-state index in [-0.39, 0.29) is 0 Å². The highest BCUT2D eigenvalue weighted by Gasteiger charge is 2.02. The van der Waals surface area contributed by atoms with Gasteiger partial charge in [-0.15, -0.1) is 0 Å². The first-order valence-electron chi connectivity index (χ1n) is 6.50. The van der Waals surface area contributed by atoms with Gasteiger partial charge in [-0.25, -0.2) is 10.9 Å². The fourth-order valence-electron chi connectivity index (χ4n) is 1.57. The van der Waals surface area contributed by atoms with Gasteiger partial charge < -0.3 is 10.6 Å². The van der Waals surface area contributed by atoms with E-state index in [1.807, 2.05) is 6.92 Å². The second-order valence-electron chi connectivity index (χ2n) is 4.26. The van der Waals surface area contributed by atoms with Crippen LogP contribution in [0.15, 0.2) is 20.2 Å². The smallest absolute Gasteiger partial charge is 0.212 e. The number of nitrogens with one attached hydrogen (secondary N) is 4. The fraction of sp³-hybridized carbons (Fsp3) is 0.636. The molecule has 8 heteroatoms. The molecule has 0 aromatic carbocycles. The topological polar surface area (TPSA) is 97.6 Å². The molecule has 0 fully saturated rings. The van der Waals surface area contributed by atoms with E-state index in [4.69, 9.17) is 0 Å². The molecule has 2 heterocycles. The van der Waals surface area contributed by atoms with Crippen molar-refractivity contribution in [3.05, 3.63) is 0 Å². The number of hydrogen-bond donors (Lipinski definition) is 4. The third-order valence-corrected chi connectivity index (χ3v) is 2.55.